The average Bonchev–Trinajstić information content (AvgIpc) is 3.67. The van der Waals surface area contributed by atoms with Gasteiger partial charge in [-0.05, 0) is 37.3 Å². The summed E-state index contributed by atoms with van der Waals surface area (Å²) >= 11 is 1.65. The van der Waals surface area contributed by atoms with Gasteiger partial charge in [0, 0.05) is 71.6 Å². The summed E-state index contributed by atoms with van der Waals surface area (Å²) in [6, 6.07) is 14.6. The quantitative estimate of drug-likeness (QED) is 0.218. The van der Waals surface area contributed by atoms with Crippen LogP contribution >= 0.6 is 11.3 Å². The van der Waals surface area contributed by atoms with Gasteiger partial charge in [0.2, 0.25) is 0 Å². The number of thiophene rings is 1. The third-order valence-corrected chi connectivity index (χ3v) is 9.54. The minimum Gasteiger partial charge on any atom is -0.508 e. The number of piperazine rings is 1. The zero-order valence-corrected chi connectivity index (χ0v) is 25.9. The number of fused-ring (bicyclic) bond motifs is 2. The Kier molecular flexibility index (Phi) is 7.99. The second-order valence-electron chi connectivity index (χ2n) is 11.4. The molecule has 0 aliphatic carbocycles. The molecule has 1 saturated heterocycles. The second-order valence-corrected chi connectivity index (χ2v) is 12.6. The van der Waals surface area contributed by atoms with Crippen molar-refractivity contribution in [1.29, 1.82) is 0 Å². The molecule has 0 bridgehead atoms. The molecule has 0 saturated carbocycles. The predicted octanol–water partition coefficient (Wildman–Crippen LogP) is 4.47. The molecule has 0 amide bonds. The lowest BCUT2D eigenvalue weighted by atomic mass is 10.0. The first kappa shape index (κ1) is 30.0. The molecule has 5 heterocycles. The van der Waals surface area contributed by atoms with Gasteiger partial charge in [-0.1, -0.05) is 18.2 Å². The van der Waals surface area contributed by atoms with Crippen LogP contribution in [0.4, 0.5) is 10.2 Å². The fourth-order valence-corrected chi connectivity index (χ4v) is 7.30. The molecule has 11 nitrogen and oxygen atoms in total. The van der Waals surface area contributed by atoms with E-state index in [1.54, 1.807) is 22.1 Å². The van der Waals surface area contributed by atoms with Gasteiger partial charge in [0.1, 0.15) is 41.2 Å². The Morgan fingerprint density at radius 3 is 2.57 bits per heavy atom. The fraction of sp³-hybridized carbons (Fsp3) is 0.273. The van der Waals surface area contributed by atoms with Gasteiger partial charge in [-0.15, -0.1) is 11.3 Å². The maximum atomic E-state index is 14.4. The monoisotopic (exact) mass is 641 g/mol. The van der Waals surface area contributed by atoms with Gasteiger partial charge in [0.05, 0.1) is 17.4 Å². The van der Waals surface area contributed by atoms with Crippen LogP contribution in [0, 0.1) is 5.82 Å². The van der Waals surface area contributed by atoms with E-state index in [0.29, 0.717) is 34.3 Å². The number of nitrogens with zero attached hydrogens (tertiary/aromatic N) is 6. The number of hydrogen-bond donors (Lipinski definition) is 3. The Labute approximate surface area is 267 Å². The Hall–Kier alpha value is -4.69. The molecule has 46 heavy (non-hydrogen) atoms. The van der Waals surface area contributed by atoms with E-state index in [9.17, 15) is 19.4 Å². The van der Waals surface area contributed by atoms with E-state index in [1.807, 2.05) is 25.1 Å². The summed E-state index contributed by atoms with van der Waals surface area (Å²) in [5.41, 5.74) is 7.56. The summed E-state index contributed by atoms with van der Waals surface area (Å²) in [4.78, 5) is 28.7. The second kappa shape index (κ2) is 12.2. The van der Waals surface area contributed by atoms with E-state index in [4.69, 9.17) is 15.2 Å². The smallest absolute Gasteiger partial charge is 0.343 e. The molecule has 1 aliphatic heterocycles. The number of halogens is 1. The van der Waals surface area contributed by atoms with Gasteiger partial charge in [0.25, 0.3) is 0 Å². The molecule has 1 atom stereocenters. The molecular formula is C33H32FN7O4S. The Morgan fingerprint density at radius 1 is 1.04 bits per heavy atom. The number of rotatable bonds is 8. The number of nitrogen functional groups attached to an aromatic ring is 1. The molecule has 0 radical (unpaired) electrons. The highest BCUT2D eigenvalue weighted by atomic mass is 32.1. The van der Waals surface area contributed by atoms with Crippen LogP contribution < -0.4 is 11.4 Å². The molecule has 1 aliphatic rings. The number of aromatic nitrogens is 4. The summed E-state index contributed by atoms with van der Waals surface area (Å²) in [6.45, 7) is 7.18. The minimum absolute atomic E-state index is 0.141. The fourth-order valence-electron chi connectivity index (χ4n) is 6.19. The normalized spacial score (nSPS) is 15.2. The van der Waals surface area contributed by atoms with Gasteiger partial charge in [-0.25, -0.2) is 23.8 Å². The van der Waals surface area contributed by atoms with Crippen molar-refractivity contribution >= 4 is 39.0 Å². The van der Waals surface area contributed by atoms with E-state index in [1.165, 1.54) is 23.3 Å². The van der Waals surface area contributed by atoms with Crippen LogP contribution in [0.5, 0.6) is 5.75 Å². The van der Waals surface area contributed by atoms with Gasteiger partial charge >= 0.3 is 5.63 Å². The van der Waals surface area contributed by atoms with Crippen molar-refractivity contribution in [3.8, 4) is 27.4 Å². The summed E-state index contributed by atoms with van der Waals surface area (Å²) in [5.74, 6) is -0.360. The lowest BCUT2D eigenvalue weighted by Crippen LogP contribution is -2.46. The number of phenolic OH excluding ortho intramolecular Hbond substituents is 1. The third kappa shape index (κ3) is 5.51. The molecule has 4 N–H and O–H groups in total. The van der Waals surface area contributed by atoms with E-state index in [-0.39, 0.29) is 23.9 Å². The summed E-state index contributed by atoms with van der Waals surface area (Å²) in [6.07, 6.45) is 1.32. The lowest BCUT2D eigenvalue weighted by Gasteiger charge is -2.34. The van der Waals surface area contributed by atoms with Crippen molar-refractivity contribution in [3.05, 3.63) is 87.8 Å². The number of phenols is 1. The van der Waals surface area contributed by atoms with Crippen molar-refractivity contribution in [3.63, 3.8) is 0 Å². The van der Waals surface area contributed by atoms with E-state index in [0.717, 1.165) is 54.6 Å². The molecule has 0 spiro atoms. The van der Waals surface area contributed by atoms with E-state index in [2.05, 4.69) is 31.9 Å². The van der Waals surface area contributed by atoms with Crippen LogP contribution in [0.2, 0.25) is 0 Å². The molecule has 1 unspecified atom stereocenters. The van der Waals surface area contributed by atoms with E-state index < -0.39 is 17.5 Å². The summed E-state index contributed by atoms with van der Waals surface area (Å²) in [7, 11) is 0. The van der Waals surface area contributed by atoms with Crippen LogP contribution in [0.1, 0.15) is 23.6 Å². The number of nitrogens with two attached hydrogens (primary N) is 1. The maximum Gasteiger partial charge on any atom is 0.343 e. The van der Waals surface area contributed by atoms with Gasteiger partial charge < -0.3 is 20.4 Å². The Morgan fingerprint density at radius 2 is 1.80 bits per heavy atom. The van der Waals surface area contributed by atoms with Crippen molar-refractivity contribution in [2.24, 2.45) is 0 Å². The highest BCUT2D eigenvalue weighted by Crippen LogP contribution is 2.41. The molecular weight excluding hydrogens is 609 g/mol. The molecule has 236 valence electrons. The number of β-amino-alcohol motifs (C(OH)–C–C–N with tert-alkyl or cyclic N) is 1. The van der Waals surface area contributed by atoms with Crippen molar-refractivity contribution in [1.82, 2.24) is 29.5 Å². The van der Waals surface area contributed by atoms with Crippen LogP contribution in [0.25, 0.3) is 43.5 Å². The van der Waals surface area contributed by atoms with Gasteiger partial charge in [0.15, 0.2) is 5.65 Å². The maximum absolute atomic E-state index is 14.4. The highest BCUT2D eigenvalue weighted by Gasteiger charge is 2.28. The van der Waals surface area contributed by atoms with Crippen LogP contribution in [-0.4, -0.2) is 79.1 Å². The van der Waals surface area contributed by atoms with Crippen molar-refractivity contribution in [2.75, 3.05) is 45.1 Å². The lowest BCUT2D eigenvalue weighted by molar-refractivity contribution is 0.109. The summed E-state index contributed by atoms with van der Waals surface area (Å²) < 4.78 is 22.1. The largest absolute Gasteiger partial charge is 0.508 e. The molecule has 13 heteroatoms. The SMILES string of the molecule is CC(c1oc(=O)c2ccccc2c1-c1ccc(CN2CCN(CCO)CC2)s1)n1nc(-c2cc(O)cc(F)c2)c2c(N)ncnc21. The first-order chi connectivity index (χ1) is 22.3. The zero-order chi connectivity index (χ0) is 31.9. The molecule has 1 fully saturated rings. The summed E-state index contributed by atoms with van der Waals surface area (Å²) in [5, 5.41) is 25.8. The number of hydrogen-bond acceptors (Lipinski definition) is 11. The number of benzene rings is 2. The Bertz CT molecular complexity index is 2100. The third-order valence-electron chi connectivity index (χ3n) is 8.45. The standard InChI is InChI=1S/C33H32FN7O4S/c1-19(41-32-28(31(35)36-18-37-32)29(38-41)20-14-21(34)16-22(43)15-20)30-27(24-4-2-3-5-25(24)33(44)45-30)26-7-6-23(46-26)17-40-10-8-39(9-11-40)12-13-42/h2-7,14-16,18-19,42-43H,8-13,17H2,1H3,(H2,35,36,37). The van der Waals surface area contributed by atoms with Crippen LogP contribution in [0.3, 0.4) is 0 Å². The topological polar surface area (TPSA) is 147 Å². The van der Waals surface area contributed by atoms with Gasteiger partial charge in [-0.2, -0.15) is 5.10 Å². The minimum atomic E-state index is -0.648. The Balaban J connectivity index is 1.33. The molecule has 7 rings (SSSR count). The van der Waals surface area contributed by atoms with Gasteiger partial charge in [-0.3, -0.25) is 9.80 Å². The molecule has 6 aromatic rings. The van der Waals surface area contributed by atoms with Crippen LogP contribution in [-0.2, 0) is 6.54 Å². The van der Waals surface area contributed by atoms with Crippen molar-refractivity contribution in [2.45, 2.75) is 19.5 Å². The van der Waals surface area contributed by atoms with Crippen LogP contribution in [0.15, 0.2) is 70.1 Å². The average molecular weight is 642 g/mol. The first-order valence-electron chi connectivity index (χ1n) is 15.0. The number of aliphatic hydroxyl groups excluding tert-OH is 1. The van der Waals surface area contributed by atoms with Crippen molar-refractivity contribution < 1.29 is 19.0 Å². The number of aromatic hydroxyl groups is 1. The zero-order valence-electron chi connectivity index (χ0n) is 25.1. The number of aliphatic hydroxyl groups is 1. The predicted molar refractivity (Wildman–Crippen MR) is 175 cm³/mol. The first-order valence-corrected chi connectivity index (χ1v) is 15.8. The molecule has 4 aromatic heterocycles. The molecule has 2 aromatic carbocycles. The number of anilines is 1. The highest BCUT2D eigenvalue weighted by molar-refractivity contribution is 7.15. The van der Waals surface area contributed by atoms with E-state index >= 15 is 0 Å².